The van der Waals surface area contributed by atoms with E-state index < -0.39 is 17.7 Å². The number of anilines is 2. The van der Waals surface area contributed by atoms with Gasteiger partial charge in [-0.05, 0) is 86.5 Å². The number of methoxy groups -OCH3 is 1. The number of benzene rings is 3. The number of nitrogens with zero attached hydrogens (tertiary/aromatic N) is 2. The van der Waals surface area contributed by atoms with Crippen LogP contribution >= 0.6 is 0 Å². The molecule has 4 rings (SSSR count). The third-order valence-corrected chi connectivity index (χ3v) is 6.32. The van der Waals surface area contributed by atoms with Crippen molar-refractivity contribution in [3.63, 3.8) is 0 Å². The molecule has 3 aromatic rings. The quantitative estimate of drug-likeness (QED) is 0.263. The Morgan fingerprint density at radius 1 is 0.973 bits per heavy atom. The van der Waals surface area contributed by atoms with E-state index in [1.165, 1.54) is 4.90 Å². The summed E-state index contributed by atoms with van der Waals surface area (Å²) in [4.78, 5) is 30.2. The van der Waals surface area contributed by atoms with E-state index in [9.17, 15) is 14.7 Å². The Kier molecular flexibility index (Phi) is 7.25. The van der Waals surface area contributed by atoms with E-state index in [2.05, 4.69) is 0 Å². The highest BCUT2D eigenvalue weighted by Crippen LogP contribution is 2.43. The number of amides is 1. The van der Waals surface area contributed by atoms with Crippen molar-refractivity contribution in [3.05, 3.63) is 89.0 Å². The maximum absolute atomic E-state index is 13.4. The summed E-state index contributed by atoms with van der Waals surface area (Å²) in [7, 11) is 5.43. The van der Waals surface area contributed by atoms with Gasteiger partial charge >= 0.3 is 0 Å². The molecule has 3 aromatic carbocycles. The van der Waals surface area contributed by atoms with E-state index >= 15 is 0 Å². The number of carbonyl (C=O) groups excluding carboxylic acids is 2. The van der Waals surface area contributed by atoms with Crippen LogP contribution in [0.5, 0.6) is 11.5 Å². The first kappa shape index (κ1) is 25.8. The minimum Gasteiger partial charge on any atom is -0.507 e. The van der Waals surface area contributed by atoms with Crippen LogP contribution < -0.4 is 19.3 Å². The predicted molar refractivity (Wildman–Crippen MR) is 145 cm³/mol. The van der Waals surface area contributed by atoms with Crippen molar-refractivity contribution in [2.75, 3.05) is 31.0 Å². The minimum atomic E-state index is -0.819. The zero-order valence-electron chi connectivity index (χ0n) is 22.0. The van der Waals surface area contributed by atoms with Crippen molar-refractivity contribution in [2.45, 2.75) is 32.9 Å². The highest BCUT2D eigenvalue weighted by atomic mass is 16.5. The third kappa shape index (κ3) is 5.03. The minimum absolute atomic E-state index is 0.00464. The van der Waals surface area contributed by atoms with E-state index in [1.807, 2.05) is 76.2 Å². The summed E-state index contributed by atoms with van der Waals surface area (Å²) in [5, 5.41) is 11.4. The molecule has 1 atom stereocenters. The second-order valence-electron chi connectivity index (χ2n) is 9.50. The highest BCUT2D eigenvalue weighted by Gasteiger charge is 2.47. The number of ketones is 1. The van der Waals surface area contributed by atoms with Crippen LogP contribution in [0.15, 0.2) is 72.3 Å². The van der Waals surface area contributed by atoms with Crippen LogP contribution in [0.25, 0.3) is 5.76 Å². The number of aliphatic hydroxyl groups excluding tert-OH is 1. The van der Waals surface area contributed by atoms with Crippen molar-refractivity contribution in [1.29, 1.82) is 0 Å². The van der Waals surface area contributed by atoms with Gasteiger partial charge in [0.05, 0.1) is 24.8 Å². The first-order valence-electron chi connectivity index (χ1n) is 12.1. The number of hydrogen-bond acceptors (Lipinski definition) is 6. The molecule has 1 N–H and O–H groups in total. The van der Waals surface area contributed by atoms with Gasteiger partial charge in [-0.15, -0.1) is 0 Å². The molecule has 1 saturated heterocycles. The number of aliphatic hydroxyl groups is 1. The van der Waals surface area contributed by atoms with Gasteiger partial charge in [0.1, 0.15) is 17.3 Å². The number of rotatable bonds is 7. The molecule has 0 radical (unpaired) electrons. The second-order valence-corrected chi connectivity index (χ2v) is 9.50. The lowest BCUT2D eigenvalue weighted by molar-refractivity contribution is -0.132. The summed E-state index contributed by atoms with van der Waals surface area (Å²) >= 11 is 0. The second kappa shape index (κ2) is 10.4. The van der Waals surface area contributed by atoms with Gasteiger partial charge in [0.25, 0.3) is 11.7 Å². The smallest absolute Gasteiger partial charge is 0.300 e. The number of aryl methyl sites for hydroxylation is 1. The summed E-state index contributed by atoms with van der Waals surface area (Å²) in [6.45, 7) is 5.74. The maximum Gasteiger partial charge on any atom is 0.300 e. The number of Topliss-reactive ketones (excluding diaryl/α,β-unsaturated/α-hetero) is 1. The van der Waals surface area contributed by atoms with Crippen LogP contribution in [0.3, 0.4) is 0 Å². The summed E-state index contributed by atoms with van der Waals surface area (Å²) in [5.74, 6) is -0.330. The Balaban J connectivity index is 1.88. The average Bonchev–Trinajstić information content (AvgIpc) is 3.14. The van der Waals surface area contributed by atoms with Crippen molar-refractivity contribution in [3.8, 4) is 11.5 Å². The molecular formula is C30H32N2O5. The zero-order valence-corrected chi connectivity index (χ0v) is 22.0. The van der Waals surface area contributed by atoms with Crippen LogP contribution in [0.2, 0.25) is 0 Å². The molecule has 7 heteroatoms. The Morgan fingerprint density at radius 3 is 2.16 bits per heavy atom. The number of ether oxygens (including phenoxy) is 2. The van der Waals surface area contributed by atoms with Crippen molar-refractivity contribution in [2.24, 2.45) is 0 Å². The molecule has 1 unspecified atom stereocenters. The molecule has 0 aliphatic carbocycles. The van der Waals surface area contributed by atoms with Crippen LogP contribution in [-0.4, -0.2) is 44.1 Å². The van der Waals surface area contributed by atoms with Gasteiger partial charge in [-0.3, -0.25) is 14.5 Å². The van der Waals surface area contributed by atoms with Crippen LogP contribution in [0.4, 0.5) is 11.4 Å². The SMILES string of the molecule is COc1ccc(/C(O)=C2/C(=O)C(=O)N(c3ccc(N(C)C)cc3)C2c2ccc(OC(C)C)cc2)cc1C. The molecule has 0 saturated carbocycles. The average molecular weight is 501 g/mol. The highest BCUT2D eigenvalue weighted by molar-refractivity contribution is 6.51. The lowest BCUT2D eigenvalue weighted by Crippen LogP contribution is -2.29. The molecule has 1 aliphatic rings. The molecular weight excluding hydrogens is 468 g/mol. The van der Waals surface area contributed by atoms with E-state index in [-0.39, 0.29) is 17.4 Å². The first-order chi connectivity index (χ1) is 17.6. The zero-order chi connectivity index (χ0) is 26.9. The van der Waals surface area contributed by atoms with E-state index in [4.69, 9.17) is 9.47 Å². The van der Waals surface area contributed by atoms with E-state index in [0.29, 0.717) is 28.3 Å². The molecule has 192 valence electrons. The van der Waals surface area contributed by atoms with Crippen LogP contribution in [0.1, 0.15) is 36.6 Å². The monoisotopic (exact) mass is 500 g/mol. The summed E-state index contributed by atoms with van der Waals surface area (Å²) in [6, 6.07) is 19.0. The standard InChI is InChI=1S/C30H32N2O5/c1-18(2)37-24-14-7-20(8-15-24)27-26(28(33)21-9-16-25(36-6)19(3)17-21)29(34)30(35)32(27)23-12-10-22(11-13-23)31(4)5/h7-18,27,33H,1-6H3/b28-26-. The topological polar surface area (TPSA) is 79.3 Å². The van der Waals surface area contributed by atoms with Gasteiger partial charge in [-0.1, -0.05) is 12.1 Å². The molecule has 1 amide bonds. The Morgan fingerprint density at radius 2 is 1.62 bits per heavy atom. The molecule has 0 aromatic heterocycles. The summed E-state index contributed by atoms with van der Waals surface area (Å²) in [5.41, 5.74) is 3.46. The molecule has 1 aliphatic heterocycles. The van der Waals surface area contributed by atoms with E-state index in [1.54, 1.807) is 37.4 Å². The van der Waals surface area contributed by atoms with Gasteiger partial charge in [0.15, 0.2) is 0 Å². The Hall–Kier alpha value is -4.26. The lowest BCUT2D eigenvalue weighted by atomic mass is 9.94. The third-order valence-electron chi connectivity index (χ3n) is 6.32. The van der Waals surface area contributed by atoms with Crippen LogP contribution in [0, 0.1) is 6.92 Å². The fraction of sp³-hybridized carbons (Fsp3) is 0.267. The number of hydrogen-bond donors (Lipinski definition) is 1. The van der Waals surface area contributed by atoms with Crippen molar-refractivity contribution >= 4 is 28.8 Å². The fourth-order valence-electron chi connectivity index (χ4n) is 4.51. The molecule has 0 spiro atoms. The molecule has 0 bridgehead atoms. The predicted octanol–water partition coefficient (Wildman–Crippen LogP) is 5.48. The summed E-state index contributed by atoms with van der Waals surface area (Å²) in [6.07, 6.45) is 0.00464. The molecule has 37 heavy (non-hydrogen) atoms. The summed E-state index contributed by atoms with van der Waals surface area (Å²) < 4.78 is 11.1. The number of carbonyl (C=O) groups is 2. The maximum atomic E-state index is 13.4. The van der Waals surface area contributed by atoms with Gasteiger partial charge in [0, 0.05) is 31.0 Å². The molecule has 1 heterocycles. The van der Waals surface area contributed by atoms with Crippen molar-refractivity contribution in [1.82, 2.24) is 0 Å². The normalized spacial score (nSPS) is 16.8. The molecule has 7 nitrogen and oxygen atoms in total. The Bertz CT molecular complexity index is 1340. The fourth-order valence-corrected chi connectivity index (χ4v) is 4.51. The van der Waals surface area contributed by atoms with E-state index in [0.717, 1.165) is 11.3 Å². The lowest BCUT2D eigenvalue weighted by Gasteiger charge is -2.26. The van der Waals surface area contributed by atoms with Gasteiger partial charge in [-0.25, -0.2) is 0 Å². The van der Waals surface area contributed by atoms with Gasteiger partial charge in [-0.2, -0.15) is 0 Å². The van der Waals surface area contributed by atoms with Crippen LogP contribution in [-0.2, 0) is 9.59 Å². The Labute approximate surface area is 217 Å². The largest absolute Gasteiger partial charge is 0.507 e. The van der Waals surface area contributed by atoms with Crippen molar-refractivity contribution < 1.29 is 24.2 Å². The first-order valence-corrected chi connectivity index (χ1v) is 12.1. The molecule has 1 fully saturated rings. The van der Waals surface area contributed by atoms with Gasteiger partial charge < -0.3 is 19.5 Å². The van der Waals surface area contributed by atoms with Gasteiger partial charge in [0.2, 0.25) is 0 Å².